The average molecular weight is 506 g/mol. The second-order valence-corrected chi connectivity index (χ2v) is 10.0. The Bertz CT molecular complexity index is 1290. The Kier molecular flexibility index (Phi) is 7.21. The lowest BCUT2D eigenvalue weighted by atomic mass is 10.1. The Morgan fingerprint density at radius 3 is 2.43 bits per heavy atom. The van der Waals surface area contributed by atoms with Gasteiger partial charge in [-0.3, -0.25) is 9.64 Å². The minimum absolute atomic E-state index is 0.0976. The number of esters is 1. The molecule has 3 atom stereocenters. The fourth-order valence-electron chi connectivity index (χ4n) is 4.15. The summed E-state index contributed by atoms with van der Waals surface area (Å²) in [6, 6.07) is 22.0. The summed E-state index contributed by atoms with van der Waals surface area (Å²) < 4.78 is 11.7. The van der Waals surface area contributed by atoms with Gasteiger partial charge in [0.25, 0.3) is 0 Å². The fourth-order valence-corrected chi connectivity index (χ4v) is 4.54. The summed E-state index contributed by atoms with van der Waals surface area (Å²) in [5.41, 5.74) is 1.98. The zero-order valence-electron chi connectivity index (χ0n) is 19.7. The number of carbonyl (C=O) groups is 1. The number of allylic oxidation sites excluding steroid dienone is 1. The van der Waals surface area contributed by atoms with E-state index in [0.717, 1.165) is 11.1 Å². The third-order valence-corrected chi connectivity index (χ3v) is 7.02. The van der Waals surface area contributed by atoms with Crippen molar-refractivity contribution in [3.8, 4) is 11.5 Å². The van der Waals surface area contributed by atoms with Crippen LogP contribution in [0.4, 0.5) is 0 Å². The lowest BCUT2D eigenvalue weighted by Gasteiger charge is -2.12. The summed E-state index contributed by atoms with van der Waals surface area (Å²) in [5.74, 6) is 0.401. The lowest BCUT2D eigenvalue weighted by molar-refractivity contribution is -0.150. The van der Waals surface area contributed by atoms with Gasteiger partial charge in [0.15, 0.2) is 0 Å². The quantitative estimate of drug-likeness (QED) is 0.238. The molecule has 35 heavy (non-hydrogen) atoms. The molecule has 0 spiro atoms. The first-order valence-electron chi connectivity index (χ1n) is 11.2. The van der Waals surface area contributed by atoms with Gasteiger partial charge in [0.2, 0.25) is 0 Å². The SMILES string of the molecule is [C-]#[N+]C(OC(=O)C1C(/C=C(\Cl)c2ccc(Cl)cc2)C1(C)C)c1ccc(C)c(Oc2ccccc2)c1. The molecule has 1 fully saturated rings. The molecule has 178 valence electrons. The van der Waals surface area contributed by atoms with Gasteiger partial charge >= 0.3 is 12.2 Å². The van der Waals surface area contributed by atoms with Crippen molar-refractivity contribution >= 4 is 34.2 Å². The van der Waals surface area contributed by atoms with E-state index in [9.17, 15) is 4.79 Å². The maximum atomic E-state index is 13.1. The van der Waals surface area contributed by atoms with E-state index in [1.165, 1.54) is 0 Å². The van der Waals surface area contributed by atoms with Crippen molar-refractivity contribution in [3.63, 3.8) is 0 Å². The topological polar surface area (TPSA) is 39.9 Å². The third kappa shape index (κ3) is 5.53. The number of nitrogens with zero attached hydrogens (tertiary/aromatic N) is 1. The number of carbonyl (C=O) groups excluding carboxylic acids is 1. The first kappa shape index (κ1) is 24.9. The fraction of sp³-hybridized carbons (Fsp3) is 0.241. The molecule has 0 saturated heterocycles. The minimum atomic E-state index is -1.06. The molecule has 0 radical (unpaired) electrons. The van der Waals surface area contributed by atoms with Crippen molar-refractivity contribution in [3.05, 3.63) is 112 Å². The van der Waals surface area contributed by atoms with Gasteiger partial charge in [-0.25, -0.2) is 6.57 Å². The summed E-state index contributed by atoms with van der Waals surface area (Å²) in [5, 5.41) is 1.18. The molecule has 0 aliphatic heterocycles. The number of aryl methyl sites for hydroxylation is 1. The second kappa shape index (κ2) is 10.2. The van der Waals surface area contributed by atoms with Crippen LogP contribution in [0.3, 0.4) is 0 Å². The largest absolute Gasteiger partial charge is 0.457 e. The molecule has 1 aliphatic carbocycles. The Morgan fingerprint density at radius 1 is 1.09 bits per heavy atom. The monoisotopic (exact) mass is 505 g/mol. The highest BCUT2D eigenvalue weighted by molar-refractivity contribution is 6.48. The van der Waals surface area contributed by atoms with Crippen LogP contribution in [-0.2, 0) is 9.53 Å². The Labute approximate surface area is 215 Å². The van der Waals surface area contributed by atoms with E-state index in [2.05, 4.69) is 4.85 Å². The van der Waals surface area contributed by atoms with Gasteiger partial charge < -0.3 is 9.47 Å². The molecule has 0 amide bonds. The van der Waals surface area contributed by atoms with Crippen LogP contribution in [0.2, 0.25) is 5.02 Å². The second-order valence-electron chi connectivity index (χ2n) is 9.20. The smallest absolute Gasteiger partial charge is 0.395 e. The highest BCUT2D eigenvalue weighted by Crippen LogP contribution is 2.60. The van der Waals surface area contributed by atoms with Crippen LogP contribution in [-0.4, -0.2) is 5.97 Å². The van der Waals surface area contributed by atoms with E-state index in [4.69, 9.17) is 39.2 Å². The van der Waals surface area contributed by atoms with Gasteiger partial charge in [-0.2, -0.15) is 0 Å². The van der Waals surface area contributed by atoms with Gasteiger partial charge in [0.1, 0.15) is 11.5 Å². The molecule has 6 heteroatoms. The summed E-state index contributed by atoms with van der Waals surface area (Å²) >= 11 is 12.5. The van der Waals surface area contributed by atoms with Crippen molar-refractivity contribution in [2.24, 2.45) is 17.3 Å². The van der Waals surface area contributed by atoms with E-state index >= 15 is 0 Å². The van der Waals surface area contributed by atoms with Crippen LogP contribution < -0.4 is 4.74 Å². The zero-order chi connectivity index (χ0) is 25.2. The molecule has 1 saturated carbocycles. The average Bonchev–Trinajstić information content (AvgIpc) is 3.39. The maximum Gasteiger partial charge on any atom is 0.395 e. The lowest BCUT2D eigenvalue weighted by Crippen LogP contribution is -2.13. The van der Waals surface area contributed by atoms with Crippen LogP contribution >= 0.6 is 23.2 Å². The molecule has 0 heterocycles. The first-order valence-corrected chi connectivity index (χ1v) is 12.0. The summed E-state index contributed by atoms with van der Waals surface area (Å²) in [7, 11) is 0. The predicted molar refractivity (Wildman–Crippen MR) is 139 cm³/mol. The number of hydrogen-bond acceptors (Lipinski definition) is 3. The van der Waals surface area contributed by atoms with Gasteiger partial charge in [-0.1, -0.05) is 79.5 Å². The van der Waals surface area contributed by atoms with Crippen LogP contribution in [0.1, 0.15) is 36.8 Å². The van der Waals surface area contributed by atoms with Crippen molar-refractivity contribution < 1.29 is 14.3 Å². The number of rotatable bonds is 7. The molecule has 0 aromatic heterocycles. The van der Waals surface area contributed by atoms with Crippen molar-refractivity contribution in [1.29, 1.82) is 0 Å². The van der Waals surface area contributed by atoms with Gasteiger partial charge in [-0.15, -0.1) is 0 Å². The summed E-state index contributed by atoms with van der Waals surface area (Å²) in [4.78, 5) is 16.7. The number of ether oxygens (including phenoxy) is 2. The van der Waals surface area contributed by atoms with Crippen LogP contribution in [0.25, 0.3) is 9.88 Å². The Morgan fingerprint density at radius 2 is 1.77 bits per heavy atom. The van der Waals surface area contributed by atoms with Crippen LogP contribution in [0, 0.1) is 30.7 Å². The van der Waals surface area contributed by atoms with E-state index in [1.54, 1.807) is 24.3 Å². The van der Waals surface area contributed by atoms with Crippen molar-refractivity contribution in [2.45, 2.75) is 27.0 Å². The van der Waals surface area contributed by atoms with Gasteiger partial charge in [0, 0.05) is 10.1 Å². The Balaban J connectivity index is 1.49. The molecule has 1 aliphatic rings. The molecule has 3 aromatic rings. The van der Waals surface area contributed by atoms with Crippen LogP contribution in [0.15, 0.2) is 78.9 Å². The molecule has 0 bridgehead atoms. The molecular weight excluding hydrogens is 481 g/mol. The van der Waals surface area contributed by atoms with E-state index in [-0.39, 0.29) is 11.3 Å². The van der Waals surface area contributed by atoms with Gasteiger partial charge in [0.05, 0.1) is 11.5 Å². The van der Waals surface area contributed by atoms with E-state index in [1.807, 2.05) is 75.4 Å². The summed E-state index contributed by atoms with van der Waals surface area (Å²) in [6.45, 7) is 13.6. The first-order chi connectivity index (χ1) is 16.7. The normalized spacial score (nSPS) is 19.4. The number of hydrogen-bond donors (Lipinski definition) is 0. The zero-order valence-corrected chi connectivity index (χ0v) is 21.2. The molecule has 3 unspecified atom stereocenters. The molecule has 3 aromatic carbocycles. The highest BCUT2D eigenvalue weighted by Gasteiger charge is 2.62. The molecular formula is C29H25Cl2NO3. The van der Waals surface area contributed by atoms with E-state index < -0.39 is 18.1 Å². The standard InChI is InChI=1S/C29H25Cl2NO3/c1-18-10-11-20(16-25(18)34-22-8-6-5-7-9-22)27(32-4)35-28(33)26-23(29(26,2)3)17-24(31)19-12-14-21(30)15-13-19/h5-17,23,26-27H,1-3H3/b24-17-. The highest BCUT2D eigenvalue weighted by atomic mass is 35.5. The maximum absolute atomic E-state index is 13.1. The summed E-state index contributed by atoms with van der Waals surface area (Å²) in [6.07, 6.45) is 0.829. The number of para-hydroxylation sites is 1. The third-order valence-electron chi connectivity index (χ3n) is 6.42. The molecule has 4 nitrogen and oxygen atoms in total. The predicted octanol–water partition coefficient (Wildman–Crippen LogP) is 8.45. The number of benzene rings is 3. The number of halogens is 2. The van der Waals surface area contributed by atoms with Crippen LogP contribution in [0.5, 0.6) is 11.5 Å². The Hall–Kier alpha value is -3.26. The molecule has 0 N–H and O–H groups in total. The molecule has 4 rings (SSSR count). The van der Waals surface area contributed by atoms with Gasteiger partial charge in [-0.05, 0) is 65.8 Å². The van der Waals surface area contributed by atoms with Crippen molar-refractivity contribution in [2.75, 3.05) is 0 Å². The van der Waals surface area contributed by atoms with E-state index in [0.29, 0.717) is 27.1 Å². The van der Waals surface area contributed by atoms with Crippen molar-refractivity contribution in [1.82, 2.24) is 0 Å². The minimum Gasteiger partial charge on any atom is -0.457 e.